The normalized spacial score (nSPS) is 11.3. The van der Waals surface area contributed by atoms with Crippen LogP contribution in [0.25, 0.3) is 0 Å². The number of hydrogen-bond acceptors (Lipinski definition) is 4. The zero-order chi connectivity index (χ0) is 19.3. The molecule has 5 nitrogen and oxygen atoms in total. The monoisotopic (exact) mass is 406 g/mol. The van der Waals surface area contributed by atoms with Crippen LogP contribution in [0.2, 0.25) is 5.02 Å². The van der Waals surface area contributed by atoms with E-state index in [0.29, 0.717) is 17.9 Å². The first-order chi connectivity index (χ1) is 12.9. The van der Waals surface area contributed by atoms with Crippen molar-refractivity contribution in [2.45, 2.75) is 18.0 Å². The van der Waals surface area contributed by atoms with Crippen LogP contribution in [0.3, 0.4) is 0 Å². The highest BCUT2D eigenvalue weighted by molar-refractivity contribution is 7.89. The minimum absolute atomic E-state index is 0.0537. The van der Waals surface area contributed by atoms with Crippen LogP contribution >= 0.6 is 11.6 Å². The zero-order valence-electron chi connectivity index (χ0n) is 14.1. The van der Waals surface area contributed by atoms with Gasteiger partial charge < -0.3 is 4.74 Å². The Morgan fingerprint density at radius 3 is 2.67 bits per heavy atom. The van der Waals surface area contributed by atoms with Crippen LogP contribution in [0.1, 0.15) is 11.3 Å². The van der Waals surface area contributed by atoms with Crippen LogP contribution in [0.15, 0.2) is 71.8 Å². The SMILES string of the molecule is O=S(=O)(NCc1cccc(OCc2ccccn2)c1)c1ccc(F)c(Cl)c1. The van der Waals surface area contributed by atoms with Crippen molar-refractivity contribution in [2.75, 3.05) is 0 Å². The maximum absolute atomic E-state index is 13.2. The molecule has 1 aromatic heterocycles. The van der Waals surface area contributed by atoms with Crippen molar-refractivity contribution in [3.8, 4) is 5.75 Å². The summed E-state index contributed by atoms with van der Waals surface area (Å²) < 4.78 is 46.0. The number of halogens is 2. The Morgan fingerprint density at radius 1 is 1.07 bits per heavy atom. The molecule has 2 aromatic carbocycles. The summed E-state index contributed by atoms with van der Waals surface area (Å²) >= 11 is 5.65. The number of pyridine rings is 1. The number of ether oxygens (including phenoxy) is 1. The topological polar surface area (TPSA) is 68.3 Å². The second kappa shape index (κ2) is 8.47. The van der Waals surface area contributed by atoms with Gasteiger partial charge in [0.1, 0.15) is 18.2 Å². The van der Waals surface area contributed by atoms with Gasteiger partial charge in [0.2, 0.25) is 10.0 Å². The predicted octanol–water partition coefficient (Wildman–Crippen LogP) is 3.93. The van der Waals surface area contributed by atoms with Crippen LogP contribution < -0.4 is 9.46 Å². The number of sulfonamides is 1. The third kappa shape index (κ3) is 5.26. The molecular formula is C19H16ClFN2O3S. The van der Waals surface area contributed by atoms with Gasteiger partial charge in [-0.15, -0.1) is 0 Å². The number of nitrogens with one attached hydrogen (secondary N) is 1. The number of nitrogens with zero attached hydrogens (tertiary/aromatic N) is 1. The summed E-state index contributed by atoms with van der Waals surface area (Å²) in [6, 6.07) is 15.9. The van der Waals surface area contributed by atoms with Crippen molar-refractivity contribution in [2.24, 2.45) is 0 Å². The fraction of sp³-hybridized carbons (Fsp3) is 0.105. The van der Waals surface area contributed by atoms with E-state index >= 15 is 0 Å². The summed E-state index contributed by atoms with van der Waals surface area (Å²) in [6.45, 7) is 0.363. The zero-order valence-corrected chi connectivity index (χ0v) is 15.7. The molecule has 0 aliphatic heterocycles. The standard InChI is InChI=1S/C19H16ClFN2O3S/c20-18-11-17(7-8-19(18)21)27(24,25)23-12-14-4-3-6-16(10-14)26-13-15-5-1-2-9-22-15/h1-11,23H,12-13H2. The third-order valence-corrected chi connectivity index (χ3v) is 5.37. The van der Waals surface area contributed by atoms with E-state index in [1.54, 1.807) is 30.5 Å². The van der Waals surface area contributed by atoms with Gasteiger partial charge in [-0.3, -0.25) is 4.98 Å². The van der Waals surface area contributed by atoms with Gasteiger partial charge in [-0.2, -0.15) is 0 Å². The molecule has 0 saturated carbocycles. The van der Waals surface area contributed by atoms with E-state index in [0.717, 1.165) is 23.9 Å². The van der Waals surface area contributed by atoms with Gasteiger partial charge in [-0.25, -0.2) is 17.5 Å². The average molecular weight is 407 g/mol. The van der Waals surface area contributed by atoms with E-state index in [1.807, 2.05) is 18.2 Å². The van der Waals surface area contributed by atoms with Gasteiger partial charge >= 0.3 is 0 Å². The minimum atomic E-state index is -3.82. The second-order valence-electron chi connectivity index (χ2n) is 5.66. The van der Waals surface area contributed by atoms with Crippen molar-refractivity contribution >= 4 is 21.6 Å². The molecule has 0 amide bonds. The number of rotatable bonds is 7. The van der Waals surface area contributed by atoms with Crippen molar-refractivity contribution in [3.63, 3.8) is 0 Å². The number of aromatic nitrogens is 1. The van der Waals surface area contributed by atoms with Gasteiger partial charge in [0.05, 0.1) is 15.6 Å². The van der Waals surface area contributed by atoms with Crippen molar-refractivity contribution in [3.05, 3.63) is 89.0 Å². The molecule has 140 valence electrons. The van der Waals surface area contributed by atoms with Crippen molar-refractivity contribution < 1.29 is 17.5 Å². The van der Waals surface area contributed by atoms with E-state index in [2.05, 4.69) is 9.71 Å². The average Bonchev–Trinajstić information content (AvgIpc) is 2.68. The highest BCUT2D eigenvalue weighted by atomic mass is 35.5. The molecule has 0 atom stereocenters. The molecule has 1 heterocycles. The second-order valence-corrected chi connectivity index (χ2v) is 7.83. The molecule has 0 aliphatic rings. The molecule has 1 N–H and O–H groups in total. The minimum Gasteiger partial charge on any atom is -0.487 e. The van der Waals surface area contributed by atoms with Gasteiger partial charge in [0.25, 0.3) is 0 Å². The maximum atomic E-state index is 13.2. The molecule has 8 heteroatoms. The fourth-order valence-corrected chi connectivity index (χ4v) is 3.58. The van der Waals surface area contributed by atoms with E-state index in [1.165, 1.54) is 0 Å². The summed E-state index contributed by atoms with van der Waals surface area (Å²) in [4.78, 5) is 4.08. The lowest BCUT2D eigenvalue weighted by Gasteiger charge is -2.10. The molecule has 0 bridgehead atoms. The fourth-order valence-electron chi connectivity index (χ4n) is 2.29. The third-order valence-electron chi connectivity index (χ3n) is 3.68. The molecule has 0 fully saturated rings. The smallest absolute Gasteiger partial charge is 0.240 e. The molecular weight excluding hydrogens is 391 g/mol. The Balaban J connectivity index is 1.64. The van der Waals surface area contributed by atoms with Gasteiger partial charge in [-0.1, -0.05) is 29.8 Å². The van der Waals surface area contributed by atoms with Gasteiger partial charge in [-0.05, 0) is 48.0 Å². The summed E-state index contributed by atoms with van der Waals surface area (Å²) in [5.41, 5.74) is 1.50. The summed E-state index contributed by atoms with van der Waals surface area (Å²) in [6.07, 6.45) is 1.69. The molecule has 0 aliphatic carbocycles. The van der Waals surface area contributed by atoms with Crippen LogP contribution in [-0.2, 0) is 23.2 Å². The van der Waals surface area contributed by atoms with Crippen molar-refractivity contribution in [1.29, 1.82) is 0 Å². The number of benzene rings is 2. The molecule has 0 saturated heterocycles. The van der Waals surface area contributed by atoms with E-state index in [-0.39, 0.29) is 16.5 Å². The Hall–Kier alpha value is -2.48. The summed E-state index contributed by atoms with van der Waals surface area (Å²) in [5.74, 6) is -0.0736. The van der Waals surface area contributed by atoms with Crippen LogP contribution in [0, 0.1) is 5.82 Å². The Morgan fingerprint density at radius 2 is 1.93 bits per heavy atom. The Kier molecular flexibility index (Phi) is 6.05. The molecule has 3 rings (SSSR count). The first-order valence-electron chi connectivity index (χ1n) is 8.00. The first kappa shape index (κ1) is 19.3. The molecule has 27 heavy (non-hydrogen) atoms. The largest absolute Gasteiger partial charge is 0.487 e. The highest BCUT2D eigenvalue weighted by Crippen LogP contribution is 2.20. The van der Waals surface area contributed by atoms with Crippen LogP contribution in [-0.4, -0.2) is 13.4 Å². The highest BCUT2D eigenvalue weighted by Gasteiger charge is 2.15. The van der Waals surface area contributed by atoms with E-state index < -0.39 is 15.8 Å². The number of hydrogen-bond donors (Lipinski definition) is 1. The molecule has 3 aromatic rings. The summed E-state index contributed by atoms with van der Waals surface area (Å²) in [7, 11) is -3.82. The summed E-state index contributed by atoms with van der Waals surface area (Å²) in [5, 5.41) is -0.247. The lowest BCUT2D eigenvalue weighted by molar-refractivity contribution is 0.301. The maximum Gasteiger partial charge on any atom is 0.240 e. The van der Waals surface area contributed by atoms with E-state index in [4.69, 9.17) is 16.3 Å². The first-order valence-corrected chi connectivity index (χ1v) is 9.86. The Bertz CT molecular complexity index is 1030. The lowest BCUT2D eigenvalue weighted by atomic mass is 10.2. The van der Waals surface area contributed by atoms with E-state index in [9.17, 15) is 12.8 Å². The van der Waals surface area contributed by atoms with Gasteiger partial charge in [0.15, 0.2) is 0 Å². The Labute approximate surface area is 161 Å². The lowest BCUT2D eigenvalue weighted by Crippen LogP contribution is -2.23. The predicted molar refractivity (Wildman–Crippen MR) is 100 cm³/mol. The van der Waals surface area contributed by atoms with Gasteiger partial charge in [0, 0.05) is 12.7 Å². The molecule has 0 radical (unpaired) electrons. The van der Waals surface area contributed by atoms with Crippen LogP contribution in [0.5, 0.6) is 5.75 Å². The molecule has 0 unspecified atom stereocenters. The van der Waals surface area contributed by atoms with Crippen molar-refractivity contribution in [1.82, 2.24) is 9.71 Å². The molecule has 0 spiro atoms. The van der Waals surface area contributed by atoms with Crippen LogP contribution in [0.4, 0.5) is 4.39 Å². The quantitative estimate of drug-likeness (QED) is 0.645.